The summed E-state index contributed by atoms with van der Waals surface area (Å²) in [5, 5.41) is 0. The van der Waals surface area contributed by atoms with Crippen LogP contribution in [0.4, 0.5) is 0 Å². The van der Waals surface area contributed by atoms with Gasteiger partial charge in [-0.15, -0.1) is 0 Å². The highest BCUT2D eigenvalue weighted by atomic mass is 32.1. The Morgan fingerprint density at radius 1 is 1.32 bits per heavy atom. The Balaban J connectivity index is 2.05. The van der Waals surface area contributed by atoms with Crippen molar-refractivity contribution in [1.29, 1.82) is 0 Å². The van der Waals surface area contributed by atoms with Gasteiger partial charge in [-0.2, -0.15) is 0 Å². The van der Waals surface area contributed by atoms with Crippen molar-refractivity contribution in [3.63, 3.8) is 0 Å². The third kappa shape index (κ3) is 3.66. The van der Waals surface area contributed by atoms with Gasteiger partial charge in [-0.25, -0.2) is 4.98 Å². The van der Waals surface area contributed by atoms with Crippen LogP contribution in [0.15, 0.2) is 42.6 Å². The van der Waals surface area contributed by atoms with Crippen LogP contribution < -0.4 is 15.2 Å². The Labute approximate surface area is 117 Å². The average Bonchev–Trinajstić information content (AvgIpc) is 2.45. The summed E-state index contributed by atoms with van der Waals surface area (Å²) in [6.45, 7) is 0.408. The molecule has 0 bridgehead atoms. The zero-order valence-electron chi connectivity index (χ0n) is 10.5. The normalized spacial score (nSPS) is 9.95. The highest BCUT2D eigenvalue weighted by Gasteiger charge is 2.02. The molecular weight excluding hydrogens is 260 g/mol. The van der Waals surface area contributed by atoms with Gasteiger partial charge in [0.05, 0.1) is 7.11 Å². The fraction of sp³-hybridized carbons (Fsp3) is 0.143. The lowest BCUT2D eigenvalue weighted by Gasteiger charge is -2.07. The minimum absolute atomic E-state index is 0.327. The maximum Gasteiger partial charge on any atom is 0.214 e. The first-order valence-corrected chi connectivity index (χ1v) is 6.11. The first-order valence-electron chi connectivity index (χ1n) is 5.70. The van der Waals surface area contributed by atoms with E-state index >= 15 is 0 Å². The van der Waals surface area contributed by atoms with Crippen LogP contribution in [0, 0.1) is 0 Å². The Morgan fingerprint density at radius 3 is 2.89 bits per heavy atom. The van der Waals surface area contributed by atoms with E-state index < -0.39 is 0 Å². The number of ether oxygens (including phenoxy) is 2. The van der Waals surface area contributed by atoms with E-state index in [1.54, 1.807) is 25.4 Å². The predicted molar refractivity (Wildman–Crippen MR) is 77.5 cm³/mol. The molecule has 0 aliphatic rings. The molecule has 0 spiro atoms. The smallest absolute Gasteiger partial charge is 0.214 e. The summed E-state index contributed by atoms with van der Waals surface area (Å²) in [6, 6.07) is 11.1. The minimum Gasteiger partial charge on any atom is -0.497 e. The molecule has 98 valence electrons. The molecule has 19 heavy (non-hydrogen) atoms. The van der Waals surface area contributed by atoms with Gasteiger partial charge in [-0.3, -0.25) is 0 Å². The summed E-state index contributed by atoms with van der Waals surface area (Å²) in [5.41, 5.74) is 7.30. The van der Waals surface area contributed by atoms with Gasteiger partial charge in [0, 0.05) is 17.8 Å². The van der Waals surface area contributed by atoms with Gasteiger partial charge in [0.2, 0.25) is 5.88 Å². The molecule has 1 aromatic carbocycles. The van der Waals surface area contributed by atoms with Crippen molar-refractivity contribution >= 4 is 17.2 Å². The van der Waals surface area contributed by atoms with Crippen LogP contribution in [0.3, 0.4) is 0 Å². The molecule has 0 fully saturated rings. The van der Waals surface area contributed by atoms with Crippen LogP contribution in [0.2, 0.25) is 0 Å². The van der Waals surface area contributed by atoms with Crippen molar-refractivity contribution in [3.05, 3.63) is 53.7 Å². The third-order valence-electron chi connectivity index (χ3n) is 2.54. The van der Waals surface area contributed by atoms with E-state index in [0.29, 0.717) is 17.5 Å². The summed E-state index contributed by atoms with van der Waals surface area (Å²) in [6.07, 6.45) is 1.62. The molecular formula is C14H14N2O2S. The van der Waals surface area contributed by atoms with Gasteiger partial charge in [-0.1, -0.05) is 24.4 Å². The number of pyridine rings is 1. The molecule has 2 aromatic rings. The Kier molecular flexibility index (Phi) is 4.30. The van der Waals surface area contributed by atoms with E-state index in [1.165, 1.54) is 0 Å². The van der Waals surface area contributed by atoms with Crippen LogP contribution in [0.5, 0.6) is 11.6 Å². The van der Waals surface area contributed by atoms with Crippen LogP contribution >= 0.6 is 12.2 Å². The third-order valence-corrected chi connectivity index (χ3v) is 2.78. The van der Waals surface area contributed by atoms with Crippen molar-refractivity contribution in [2.24, 2.45) is 5.73 Å². The zero-order chi connectivity index (χ0) is 13.7. The van der Waals surface area contributed by atoms with Crippen molar-refractivity contribution in [3.8, 4) is 11.6 Å². The molecule has 0 radical (unpaired) electrons. The van der Waals surface area contributed by atoms with Crippen molar-refractivity contribution in [2.45, 2.75) is 6.61 Å². The molecule has 0 aliphatic carbocycles. The highest BCUT2D eigenvalue weighted by Crippen LogP contribution is 2.15. The maximum atomic E-state index is 5.60. The predicted octanol–water partition coefficient (Wildman–Crippen LogP) is 2.30. The number of rotatable bonds is 5. The van der Waals surface area contributed by atoms with Crippen molar-refractivity contribution < 1.29 is 9.47 Å². The molecule has 0 saturated carbocycles. The maximum absolute atomic E-state index is 5.60. The molecule has 0 saturated heterocycles. The first kappa shape index (κ1) is 13.3. The lowest BCUT2D eigenvalue weighted by Crippen LogP contribution is -2.09. The molecule has 4 nitrogen and oxygen atoms in total. The molecule has 0 atom stereocenters. The van der Waals surface area contributed by atoms with E-state index in [1.807, 2.05) is 24.3 Å². The van der Waals surface area contributed by atoms with E-state index in [-0.39, 0.29) is 0 Å². The molecule has 0 unspecified atom stereocenters. The van der Waals surface area contributed by atoms with E-state index in [9.17, 15) is 0 Å². The fourth-order valence-corrected chi connectivity index (χ4v) is 1.69. The van der Waals surface area contributed by atoms with Gasteiger partial charge in [-0.05, 0) is 23.8 Å². The monoisotopic (exact) mass is 274 g/mol. The number of nitrogens with zero attached hydrogens (tertiary/aromatic N) is 1. The second-order valence-corrected chi connectivity index (χ2v) is 4.33. The number of benzene rings is 1. The second kappa shape index (κ2) is 6.15. The van der Waals surface area contributed by atoms with Gasteiger partial charge in [0.25, 0.3) is 0 Å². The minimum atomic E-state index is 0.327. The zero-order valence-corrected chi connectivity index (χ0v) is 11.3. The van der Waals surface area contributed by atoms with Crippen molar-refractivity contribution in [1.82, 2.24) is 4.98 Å². The van der Waals surface area contributed by atoms with Gasteiger partial charge in [0.1, 0.15) is 17.3 Å². The largest absolute Gasteiger partial charge is 0.497 e. The van der Waals surface area contributed by atoms with Gasteiger partial charge >= 0.3 is 0 Å². The summed E-state index contributed by atoms with van der Waals surface area (Å²) in [4.78, 5) is 4.44. The lowest BCUT2D eigenvalue weighted by molar-refractivity contribution is 0.293. The van der Waals surface area contributed by atoms with Crippen LogP contribution in [-0.2, 0) is 6.61 Å². The summed E-state index contributed by atoms with van der Waals surface area (Å²) < 4.78 is 10.8. The number of methoxy groups -OCH3 is 1. The van der Waals surface area contributed by atoms with E-state index in [0.717, 1.165) is 16.9 Å². The van der Waals surface area contributed by atoms with Crippen LogP contribution in [-0.4, -0.2) is 17.1 Å². The molecule has 2 N–H and O–H groups in total. The van der Waals surface area contributed by atoms with Crippen LogP contribution in [0.1, 0.15) is 11.1 Å². The molecule has 5 heteroatoms. The number of nitrogens with two attached hydrogens (primary N) is 1. The van der Waals surface area contributed by atoms with Crippen molar-refractivity contribution in [2.75, 3.05) is 7.11 Å². The molecule has 1 aromatic heterocycles. The first-order chi connectivity index (χ1) is 9.19. The van der Waals surface area contributed by atoms with Crippen LogP contribution in [0.25, 0.3) is 0 Å². The average molecular weight is 274 g/mol. The molecule has 2 rings (SSSR count). The Hall–Kier alpha value is -2.14. The number of hydrogen-bond donors (Lipinski definition) is 1. The quantitative estimate of drug-likeness (QED) is 0.848. The number of thiocarbonyl (C=S) groups is 1. The SMILES string of the molecule is COc1cccc(COc2cc(C(N)=S)ccn2)c1. The summed E-state index contributed by atoms with van der Waals surface area (Å²) in [7, 11) is 1.63. The van der Waals surface area contributed by atoms with Gasteiger partial charge in [0.15, 0.2) is 0 Å². The summed E-state index contributed by atoms with van der Waals surface area (Å²) in [5.74, 6) is 1.29. The van der Waals surface area contributed by atoms with E-state index in [2.05, 4.69) is 4.98 Å². The Bertz CT molecular complexity index is 587. The standard InChI is InChI=1S/C14H14N2O2S/c1-17-12-4-2-3-10(7-12)9-18-13-8-11(14(15)19)5-6-16-13/h2-8H,9H2,1H3,(H2,15,19). The topological polar surface area (TPSA) is 57.4 Å². The molecule has 0 aliphatic heterocycles. The molecule has 0 amide bonds. The lowest BCUT2D eigenvalue weighted by atomic mass is 10.2. The molecule has 1 heterocycles. The number of hydrogen-bond acceptors (Lipinski definition) is 4. The Morgan fingerprint density at radius 2 is 2.16 bits per heavy atom. The van der Waals surface area contributed by atoms with Gasteiger partial charge < -0.3 is 15.2 Å². The second-order valence-electron chi connectivity index (χ2n) is 3.89. The summed E-state index contributed by atoms with van der Waals surface area (Å²) >= 11 is 4.91. The highest BCUT2D eigenvalue weighted by molar-refractivity contribution is 7.80. The fourth-order valence-electron chi connectivity index (χ4n) is 1.56. The van der Waals surface area contributed by atoms with E-state index in [4.69, 9.17) is 27.4 Å². The number of aromatic nitrogens is 1.